The summed E-state index contributed by atoms with van der Waals surface area (Å²) in [6.07, 6.45) is 2.03. The quantitative estimate of drug-likeness (QED) is 0.294. The molecule has 162 valence electrons. The number of rotatable bonds is 6. The van der Waals surface area contributed by atoms with Gasteiger partial charge in [-0.2, -0.15) is 0 Å². The molecule has 32 heavy (non-hydrogen) atoms. The Kier molecular flexibility index (Phi) is 6.47. The van der Waals surface area contributed by atoms with Crippen LogP contribution in [0.25, 0.3) is 22.0 Å². The molecule has 0 amide bonds. The molecule has 6 heteroatoms. The predicted octanol–water partition coefficient (Wildman–Crippen LogP) is 7.31. The van der Waals surface area contributed by atoms with Crippen molar-refractivity contribution in [3.05, 3.63) is 87.5 Å². The van der Waals surface area contributed by atoms with Crippen LogP contribution in [0.4, 0.5) is 11.4 Å². The van der Waals surface area contributed by atoms with Crippen LogP contribution in [0.1, 0.15) is 34.8 Å². The summed E-state index contributed by atoms with van der Waals surface area (Å²) in [5, 5.41) is 5.50. The Morgan fingerprint density at radius 1 is 1.00 bits per heavy atom. The monoisotopic (exact) mass is 463 g/mol. The van der Waals surface area contributed by atoms with E-state index in [0.29, 0.717) is 28.6 Å². The van der Waals surface area contributed by atoms with Gasteiger partial charge in [0.15, 0.2) is 5.78 Å². The molecule has 1 heterocycles. The van der Waals surface area contributed by atoms with E-state index in [-0.39, 0.29) is 5.78 Å². The van der Waals surface area contributed by atoms with Gasteiger partial charge in [-0.25, -0.2) is 0 Å². The van der Waals surface area contributed by atoms with Crippen molar-refractivity contribution in [1.29, 1.82) is 0 Å². The van der Waals surface area contributed by atoms with E-state index in [2.05, 4.69) is 10.3 Å². The van der Waals surface area contributed by atoms with Crippen LogP contribution >= 0.6 is 23.2 Å². The summed E-state index contributed by atoms with van der Waals surface area (Å²) in [5.74, 6) is 0.0207. The molecule has 0 aliphatic carbocycles. The van der Waals surface area contributed by atoms with Gasteiger partial charge in [-0.15, -0.1) is 0 Å². The third-order valence-electron chi connectivity index (χ3n) is 5.56. The molecule has 0 atom stereocenters. The topological polar surface area (TPSA) is 68.0 Å². The van der Waals surface area contributed by atoms with Gasteiger partial charge in [0, 0.05) is 40.3 Å². The molecular formula is C26H23Cl2N3O. The summed E-state index contributed by atoms with van der Waals surface area (Å²) in [5.41, 5.74) is 12.4. The Morgan fingerprint density at radius 2 is 1.69 bits per heavy atom. The fraction of sp³-hybridized carbons (Fsp3) is 0.154. The van der Waals surface area contributed by atoms with Crippen LogP contribution in [0.3, 0.4) is 0 Å². The van der Waals surface area contributed by atoms with E-state index in [0.717, 1.165) is 44.5 Å². The summed E-state index contributed by atoms with van der Waals surface area (Å²) in [4.78, 5) is 17.3. The number of aromatic nitrogens is 1. The molecule has 0 spiro atoms. The first-order chi connectivity index (χ1) is 15.4. The molecule has 0 aliphatic heterocycles. The second-order valence-corrected chi connectivity index (χ2v) is 8.46. The lowest BCUT2D eigenvalue weighted by atomic mass is 9.98. The Hall–Kier alpha value is -2.92. The highest BCUT2D eigenvalue weighted by molar-refractivity contribution is 6.36. The van der Waals surface area contributed by atoms with Gasteiger partial charge in [0.25, 0.3) is 0 Å². The van der Waals surface area contributed by atoms with Crippen LogP contribution in [0.15, 0.2) is 60.8 Å². The number of fused-ring (bicyclic) bond motifs is 1. The first-order valence-electron chi connectivity index (χ1n) is 10.4. The zero-order chi connectivity index (χ0) is 22.8. The zero-order valence-corrected chi connectivity index (χ0v) is 19.4. The molecule has 0 radical (unpaired) electrons. The van der Waals surface area contributed by atoms with Gasteiger partial charge in [0.05, 0.1) is 16.8 Å². The van der Waals surface area contributed by atoms with Crippen molar-refractivity contribution in [3.8, 4) is 11.1 Å². The summed E-state index contributed by atoms with van der Waals surface area (Å²) in [6.45, 7) is 4.21. The molecule has 0 saturated carbocycles. The Morgan fingerprint density at radius 3 is 2.31 bits per heavy atom. The smallest absolute Gasteiger partial charge is 0.166 e. The maximum Gasteiger partial charge on any atom is 0.166 e. The number of hydrogen-bond acceptors (Lipinski definition) is 4. The number of nitrogens with one attached hydrogen (secondary N) is 1. The molecule has 1 aromatic heterocycles. The molecule has 4 nitrogen and oxygen atoms in total. The fourth-order valence-electron chi connectivity index (χ4n) is 3.59. The Bertz CT molecular complexity index is 1290. The molecule has 0 fully saturated rings. The molecule has 3 N–H and O–H groups in total. The molecule has 4 rings (SSSR count). The summed E-state index contributed by atoms with van der Waals surface area (Å²) in [7, 11) is 0. The van der Waals surface area contributed by atoms with E-state index in [1.807, 2.05) is 68.4 Å². The van der Waals surface area contributed by atoms with Gasteiger partial charge in [0.1, 0.15) is 0 Å². The maximum atomic E-state index is 12.7. The molecule has 0 bridgehead atoms. The summed E-state index contributed by atoms with van der Waals surface area (Å²) < 4.78 is 0. The molecular weight excluding hydrogens is 441 g/mol. The van der Waals surface area contributed by atoms with Crippen LogP contribution in [0, 0.1) is 6.92 Å². The van der Waals surface area contributed by atoms with Crippen molar-refractivity contribution in [2.45, 2.75) is 26.8 Å². The lowest BCUT2D eigenvalue weighted by Crippen LogP contribution is -2.05. The highest BCUT2D eigenvalue weighted by Gasteiger charge is 2.16. The minimum Gasteiger partial charge on any atom is -0.354 e. The van der Waals surface area contributed by atoms with Crippen molar-refractivity contribution in [2.24, 2.45) is 5.73 Å². The first kappa shape index (κ1) is 22.3. The number of ketones is 1. The van der Waals surface area contributed by atoms with Crippen LogP contribution in [0.2, 0.25) is 10.0 Å². The maximum absolute atomic E-state index is 12.7. The number of nitrogens with zero attached hydrogens (tertiary/aromatic N) is 1. The van der Waals surface area contributed by atoms with E-state index in [1.54, 1.807) is 6.20 Å². The van der Waals surface area contributed by atoms with Gasteiger partial charge in [-0.1, -0.05) is 48.3 Å². The van der Waals surface area contributed by atoms with E-state index >= 15 is 0 Å². The van der Waals surface area contributed by atoms with Crippen molar-refractivity contribution in [1.82, 2.24) is 4.98 Å². The minimum atomic E-state index is 0.0207. The van der Waals surface area contributed by atoms with Crippen molar-refractivity contribution in [2.75, 3.05) is 5.32 Å². The number of benzene rings is 3. The lowest BCUT2D eigenvalue weighted by Gasteiger charge is -2.15. The first-order valence-corrected chi connectivity index (χ1v) is 11.1. The predicted molar refractivity (Wildman–Crippen MR) is 134 cm³/mol. The number of carbonyl (C=O) groups excluding carboxylic acids is 1. The van der Waals surface area contributed by atoms with E-state index in [1.165, 1.54) is 0 Å². The number of Topliss-reactive ketones (excluding diaryl/α,β-unsaturated/α-hetero) is 1. The zero-order valence-electron chi connectivity index (χ0n) is 17.9. The van der Waals surface area contributed by atoms with Crippen molar-refractivity contribution < 1.29 is 4.79 Å². The van der Waals surface area contributed by atoms with E-state index < -0.39 is 0 Å². The largest absolute Gasteiger partial charge is 0.354 e. The second-order valence-electron chi connectivity index (χ2n) is 7.65. The number of hydrogen-bond donors (Lipinski definition) is 2. The van der Waals surface area contributed by atoms with Gasteiger partial charge in [0.2, 0.25) is 0 Å². The number of nitrogens with two attached hydrogens (primary N) is 1. The lowest BCUT2D eigenvalue weighted by molar-refractivity contribution is 0.0989. The fourth-order valence-corrected chi connectivity index (χ4v) is 4.08. The van der Waals surface area contributed by atoms with Crippen molar-refractivity contribution in [3.63, 3.8) is 0 Å². The van der Waals surface area contributed by atoms with Crippen LogP contribution < -0.4 is 11.1 Å². The van der Waals surface area contributed by atoms with Crippen LogP contribution in [0.5, 0.6) is 0 Å². The molecule has 4 aromatic rings. The second kappa shape index (κ2) is 9.29. The number of halogens is 2. The third kappa shape index (κ3) is 4.35. The average molecular weight is 464 g/mol. The SMILES string of the molecule is CCC(=O)c1cnc2ccc(-c3cc(Cl)c(C)c(Cl)c3)cc2c1Nc1ccc(CN)cc1. The molecule has 0 saturated heterocycles. The van der Waals surface area contributed by atoms with Gasteiger partial charge in [-0.3, -0.25) is 9.78 Å². The Labute approximate surface area is 197 Å². The molecule has 3 aromatic carbocycles. The van der Waals surface area contributed by atoms with E-state index in [4.69, 9.17) is 28.9 Å². The molecule has 0 unspecified atom stereocenters. The highest BCUT2D eigenvalue weighted by Crippen LogP contribution is 2.36. The number of anilines is 2. The summed E-state index contributed by atoms with van der Waals surface area (Å²) >= 11 is 12.7. The highest BCUT2D eigenvalue weighted by atomic mass is 35.5. The number of carbonyl (C=O) groups is 1. The third-order valence-corrected chi connectivity index (χ3v) is 6.35. The van der Waals surface area contributed by atoms with Crippen LogP contribution in [-0.2, 0) is 6.54 Å². The van der Waals surface area contributed by atoms with Crippen LogP contribution in [-0.4, -0.2) is 10.8 Å². The number of pyridine rings is 1. The van der Waals surface area contributed by atoms with Gasteiger partial charge < -0.3 is 11.1 Å². The summed E-state index contributed by atoms with van der Waals surface area (Å²) in [6, 6.07) is 17.6. The minimum absolute atomic E-state index is 0.0207. The van der Waals surface area contributed by atoms with Crippen molar-refractivity contribution >= 4 is 51.3 Å². The van der Waals surface area contributed by atoms with Gasteiger partial charge in [-0.05, 0) is 65.6 Å². The average Bonchev–Trinajstić information content (AvgIpc) is 2.82. The Balaban J connectivity index is 1.89. The molecule has 0 aliphatic rings. The van der Waals surface area contributed by atoms with Gasteiger partial charge >= 0.3 is 0 Å². The standard InChI is InChI=1S/C26H23Cl2N3O/c1-3-25(32)21-14-30-24-9-6-17(18-11-22(27)15(2)23(28)12-18)10-20(24)26(21)31-19-7-4-16(13-29)5-8-19/h4-12,14H,3,13,29H2,1-2H3,(H,30,31). The van der Waals surface area contributed by atoms with E-state index in [9.17, 15) is 4.79 Å². The normalized spacial score (nSPS) is 11.0.